The predicted molar refractivity (Wildman–Crippen MR) is 113 cm³/mol. The normalized spacial score (nSPS) is 14.4. The van der Waals surface area contributed by atoms with Gasteiger partial charge in [0.15, 0.2) is 0 Å². The van der Waals surface area contributed by atoms with E-state index in [-0.39, 0.29) is 19.4 Å². The maximum Gasteiger partial charge on any atom is 0.313 e. The summed E-state index contributed by atoms with van der Waals surface area (Å²) < 4.78 is 35.8. The van der Waals surface area contributed by atoms with Gasteiger partial charge in [-0.25, -0.2) is 8.78 Å². The molecule has 0 heterocycles. The van der Waals surface area contributed by atoms with Crippen molar-refractivity contribution in [2.24, 2.45) is 5.41 Å². The smallest absolute Gasteiger partial charge is 0.313 e. The lowest BCUT2D eigenvalue weighted by atomic mass is 9.72. The average Bonchev–Trinajstić information content (AvgIpc) is 2.66. The monoisotopic (exact) mass is 468 g/mol. The van der Waals surface area contributed by atoms with Gasteiger partial charge in [-0.3, -0.25) is 4.79 Å². The van der Waals surface area contributed by atoms with Crippen molar-refractivity contribution in [1.82, 2.24) is 0 Å². The van der Waals surface area contributed by atoms with E-state index in [1.807, 2.05) is 30.3 Å². The highest BCUT2D eigenvalue weighted by Gasteiger charge is 2.48. The first-order valence-corrected chi connectivity index (χ1v) is 10.3. The maximum atomic E-state index is 14.9. The number of carboxylic acids is 1. The molecule has 0 aliphatic rings. The minimum Gasteiger partial charge on any atom is -0.481 e. The Bertz CT molecular complexity index is 824. The Morgan fingerprint density at radius 3 is 2.28 bits per heavy atom. The lowest BCUT2D eigenvalue weighted by Gasteiger charge is -2.36. The molecule has 29 heavy (non-hydrogen) atoms. The first-order valence-electron chi connectivity index (χ1n) is 9.47. The Morgan fingerprint density at radius 1 is 1.03 bits per heavy atom. The van der Waals surface area contributed by atoms with Crippen molar-refractivity contribution in [2.75, 3.05) is 6.61 Å². The Hall–Kier alpha value is -1.79. The van der Waals surface area contributed by atoms with Crippen LogP contribution >= 0.6 is 15.9 Å². The number of ether oxygens (including phenoxy) is 1. The molecule has 2 rings (SSSR count). The van der Waals surface area contributed by atoms with Gasteiger partial charge in [0.05, 0.1) is 12.0 Å². The average molecular weight is 469 g/mol. The van der Waals surface area contributed by atoms with Crippen LogP contribution in [0.1, 0.15) is 44.7 Å². The zero-order chi connectivity index (χ0) is 21.7. The van der Waals surface area contributed by atoms with Crippen LogP contribution in [0, 0.1) is 5.41 Å². The van der Waals surface area contributed by atoms with Crippen LogP contribution in [-0.4, -0.2) is 23.6 Å². The van der Waals surface area contributed by atoms with E-state index >= 15 is 0 Å². The van der Waals surface area contributed by atoms with Crippen LogP contribution in [0.25, 0.3) is 0 Å². The lowest BCUT2D eigenvalue weighted by Crippen LogP contribution is -2.43. The molecule has 2 aromatic carbocycles. The van der Waals surface area contributed by atoms with Crippen LogP contribution in [0.15, 0.2) is 59.1 Å². The number of carboxylic acid groups (broad SMARTS) is 1. The zero-order valence-corrected chi connectivity index (χ0v) is 18.5. The molecular weight excluding hydrogens is 442 g/mol. The highest BCUT2D eigenvalue weighted by atomic mass is 79.9. The number of carbonyl (C=O) groups is 1. The molecule has 0 fully saturated rings. The van der Waals surface area contributed by atoms with Gasteiger partial charge >= 0.3 is 5.97 Å². The molecule has 1 N–H and O–H groups in total. The van der Waals surface area contributed by atoms with Gasteiger partial charge in [-0.1, -0.05) is 72.2 Å². The third-order valence-electron chi connectivity index (χ3n) is 5.57. The maximum absolute atomic E-state index is 14.9. The van der Waals surface area contributed by atoms with Crippen molar-refractivity contribution >= 4 is 21.9 Å². The molecule has 0 bridgehead atoms. The Morgan fingerprint density at radius 2 is 1.69 bits per heavy atom. The zero-order valence-electron chi connectivity index (χ0n) is 16.9. The van der Waals surface area contributed by atoms with Gasteiger partial charge in [0, 0.05) is 9.89 Å². The molecule has 1 unspecified atom stereocenters. The highest BCUT2D eigenvalue weighted by Crippen LogP contribution is 2.44. The van der Waals surface area contributed by atoms with Crippen LogP contribution in [0.4, 0.5) is 8.78 Å². The second kappa shape index (κ2) is 9.35. The number of benzene rings is 2. The molecule has 0 saturated heterocycles. The van der Waals surface area contributed by atoms with E-state index in [0.717, 1.165) is 10.0 Å². The second-order valence-electron chi connectivity index (χ2n) is 8.21. The van der Waals surface area contributed by atoms with E-state index in [4.69, 9.17) is 4.74 Å². The summed E-state index contributed by atoms with van der Waals surface area (Å²) in [5.74, 6) is -4.13. The summed E-state index contributed by atoms with van der Waals surface area (Å²) in [5, 5.41) is 9.82. The summed E-state index contributed by atoms with van der Waals surface area (Å²) in [5.41, 5.74) is -1.28. The SMILES string of the molecule is CC(CCC(C)(C)C(F)(F)COCc1ccccc1)(C(=O)O)c1cccc(Br)c1. The van der Waals surface area contributed by atoms with Gasteiger partial charge in [0.25, 0.3) is 5.92 Å². The Kier molecular flexibility index (Phi) is 7.57. The molecule has 158 valence electrons. The Labute approximate surface area is 179 Å². The highest BCUT2D eigenvalue weighted by molar-refractivity contribution is 9.10. The standard InChI is InChI=1S/C23H27BrF2O3/c1-21(2,23(25,26)16-29-15-17-8-5-4-6-9-17)12-13-22(3,20(27)28)18-10-7-11-19(24)14-18/h4-11,14H,12-13,15-16H2,1-3H3,(H,27,28). The first-order chi connectivity index (χ1) is 13.5. The van der Waals surface area contributed by atoms with Crippen LogP contribution in [0.3, 0.4) is 0 Å². The minimum absolute atomic E-state index is 0.0318. The third kappa shape index (κ3) is 5.86. The fourth-order valence-electron chi connectivity index (χ4n) is 3.02. The summed E-state index contributed by atoms with van der Waals surface area (Å²) in [6.45, 7) is 3.90. The van der Waals surface area contributed by atoms with E-state index in [1.165, 1.54) is 13.8 Å². The summed E-state index contributed by atoms with van der Waals surface area (Å²) in [4.78, 5) is 12.0. The fourth-order valence-corrected chi connectivity index (χ4v) is 3.42. The lowest BCUT2D eigenvalue weighted by molar-refractivity contribution is -0.162. The summed E-state index contributed by atoms with van der Waals surface area (Å²) in [6.07, 6.45) is 0.115. The van der Waals surface area contributed by atoms with Gasteiger partial charge in [-0.2, -0.15) is 0 Å². The first kappa shape index (κ1) is 23.5. The van der Waals surface area contributed by atoms with Gasteiger partial charge in [0.1, 0.15) is 6.61 Å². The topological polar surface area (TPSA) is 46.5 Å². The molecule has 1 atom stereocenters. The molecule has 0 spiro atoms. The largest absolute Gasteiger partial charge is 0.481 e. The molecule has 3 nitrogen and oxygen atoms in total. The summed E-state index contributed by atoms with van der Waals surface area (Å²) in [7, 11) is 0. The molecule has 0 aromatic heterocycles. The molecule has 6 heteroatoms. The van der Waals surface area contributed by atoms with Crippen LogP contribution in [0.2, 0.25) is 0 Å². The van der Waals surface area contributed by atoms with Crippen molar-refractivity contribution in [3.8, 4) is 0 Å². The molecule has 0 amide bonds. The van der Waals surface area contributed by atoms with Crippen LogP contribution < -0.4 is 0 Å². The number of hydrogen-bond acceptors (Lipinski definition) is 2. The molecule has 0 aliphatic carbocycles. The molecule has 0 saturated carbocycles. The number of hydrogen-bond donors (Lipinski definition) is 1. The number of rotatable bonds is 10. The predicted octanol–water partition coefficient (Wildman–Crippen LogP) is 6.45. The van der Waals surface area contributed by atoms with E-state index < -0.39 is 29.3 Å². The van der Waals surface area contributed by atoms with Crippen LogP contribution in [0.5, 0.6) is 0 Å². The fraction of sp³-hybridized carbons (Fsp3) is 0.435. The van der Waals surface area contributed by atoms with Crippen molar-refractivity contribution in [2.45, 2.75) is 51.6 Å². The summed E-state index contributed by atoms with van der Waals surface area (Å²) in [6, 6.07) is 16.1. The van der Waals surface area contributed by atoms with Gasteiger partial charge in [-0.15, -0.1) is 0 Å². The van der Waals surface area contributed by atoms with Gasteiger partial charge < -0.3 is 9.84 Å². The third-order valence-corrected chi connectivity index (χ3v) is 6.06. The van der Waals surface area contributed by atoms with Gasteiger partial charge in [0.2, 0.25) is 0 Å². The van der Waals surface area contributed by atoms with Crippen LogP contribution in [-0.2, 0) is 21.6 Å². The minimum atomic E-state index is -3.10. The molecule has 2 aromatic rings. The number of halogens is 3. The van der Waals surface area contributed by atoms with E-state index in [0.29, 0.717) is 5.56 Å². The van der Waals surface area contributed by atoms with Crippen molar-refractivity contribution in [3.05, 3.63) is 70.2 Å². The Balaban J connectivity index is 2.06. The second-order valence-corrected chi connectivity index (χ2v) is 9.13. The molecule has 0 radical (unpaired) electrons. The van der Waals surface area contributed by atoms with Gasteiger partial charge in [-0.05, 0) is 43.0 Å². The van der Waals surface area contributed by atoms with E-state index in [9.17, 15) is 18.7 Å². The van der Waals surface area contributed by atoms with Crippen molar-refractivity contribution in [1.29, 1.82) is 0 Å². The van der Waals surface area contributed by atoms with E-state index in [1.54, 1.807) is 31.2 Å². The number of alkyl halides is 2. The molecule has 0 aliphatic heterocycles. The summed E-state index contributed by atoms with van der Waals surface area (Å²) >= 11 is 3.34. The quantitative estimate of drug-likeness (QED) is 0.435. The number of aliphatic carboxylic acids is 1. The van der Waals surface area contributed by atoms with Crippen molar-refractivity contribution in [3.63, 3.8) is 0 Å². The van der Waals surface area contributed by atoms with E-state index in [2.05, 4.69) is 15.9 Å². The molecular formula is C23H27BrF2O3. The van der Waals surface area contributed by atoms with Crippen molar-refractivity contribution < 1.29 is 23.4 Å².